The molecule has 2 aliphatic rings. The van der Waals surface area contributed by atoms with Crippen molar-refractivity contribution in [2.45, 2.75) is 44.9 Å². The Labute approximate surface area is 140 Å². The van der Waals surface area contributed by atoms with E-state index in [9.17, 15) is 0 Å². The minimum atomic E-state index is 0.445. The molecule has 3 heterocycles. The van der Waals surface area contributed by atoms with Gasteiger partial charge in [-0.05, 0) is 39.3 Å². The topological polar surface area (TPSA) is 41.5 Å². The Kier molecular flexibility index (Phi) is 6.22. The van der Waals surface area contributed by atoms with Crippen LogP contribution in [-0.4, -0.2) is 60.8 Å². The molecule has 2 saturated heterocycles. The fourth-order valence-electron chi connectivity index (χ4n) is 3.58. The van der Waals surface area contributed by atoms with Crippen molar-refractivity contribution in [2.24, 2.45) is 0 Å². The Morgan fingerprint density at radius 1 is 1.22 bits per heavy atom. The van der Waals surface area contributed by atoms with Gasteiger partial charge in [-0.2, -0.15) is 0 Å². The van der Waals surface area contributed by atoms with Crippen molar-refractivity contribution in [3.8, 4) is 0 Å². The van der Waals surface area contributed by atoms with Crippen LogP contribution >= 0.6 is 0 Å². The first-order valence-electron chi connectivity index (χ1n) is 9.24. The monoisotopic (exact) mass is 318 g/mol. The van der Waals surface area contributed by atoms with Gasteiger partial charge in [0.25, 0.3) is 0 Å². The summed E-state index contributed by atoms with van der Waals surface area (Å²) in [6, 6.07) is 2.17. The van der Waals surface area contributed by atoms with Gasteiger partial charge in [0, 0.05) is 38.2 Å². The van der Waals surface area contributed by atoms with E-state index in [1.807, 2.05) is 0 Å². The second kappa shape index (κ2) is 8.60. The highest BCUT2D eigenvalue weighted by Crippen LogP contribution is 2.25. The van der Waals surface area contributed by atoms with E-state index in [2.05, 4.69) is 32.8 Å². The summed E-state index contributed by atoms with van der Waals surface area (Å²) in [7, 11) is 0. The lowest BCUT2D eigenvalue weighted by Gasteiger charge is -2.27. The van der Waals surface area contributed by atoms with E-state index in [0.717, 1.165) is 50.8 Å². The summed E-state index contributed by atoms with van der Waals surface area (Å²) in [5, 5.41) is 0. The molecule has 0 amide bonds. The third-order valence-electron chi connectivity index (χ3n) is 5.11. The number of nitrogens with zero attached hydrogens (tertiary/aromatic N) is 4. The molecule has 23 heavy (non-hydrogen) atoms. The second-order valence-electron chi connectivity index (χ2n) is 6.70. The molecular weight excluding hydrogens is 288 g/mol. The van der Waals surface area contributed by atoms with Crippen molar-refractivity contribution in [1.29, 1.82) is 0 Å². The highest BCUT2D eigenvalue weighted by molar-refractivity contribution is 5.39. The quantitative estimate of drug-likeness (QED) is 0.806. The zero-order valence-electron chi connectivity index (χ0n) is 14.4. The van der Waals surface area contributed by atoms with Crippen molar-refractivity contribution in [2.75, 3.05) is 50.8 Å². The SMILES string of the molecule is CCN(CCN1CCCCCC1)c1cc([C@H]2CCOC2)ncn1. The fraction of sp³-hybridized carbons (Fsp3) is 0.778. The molecule has 0 N–H and O–H groups in total. The van der Waals surface area contributed by atoms with Gasteiger partial charge < -0.3 is 14.5 Å². The molecular formula is C18H30N4O. The van der Waals surface area contributed by atoms with E-state index in [4.69, 9.17) is 4.74 Å². The molecule has 2 aliphatic heterocycles. The van der Waals surface area contributed by atoms with E-state index < -0.39 is 0 Å². The molecule has 1 aromatic rings. The summed E-state index contributed by atoms with van der Waals surface area (Å²) in [5.41, 5.74) is 1.14. The smallest absolute Gasteiger partial charge is 0.132 e. The lowest BCUT2D eigenvalue weighted by atomic mass is 10.0. The largest absolute Gasteiger partial charge is 0.381 e. The van der Waals surface area contributed by atoms with Crippen LogP contribution in [0.1, 0.15) is 50.6 Å². The summed E-state index contributed by atoms with van der Waals surface area (Å²) in [6.45, 7) is 9.56. The van der Waals surface area contributed by atoms with Gasteiger partial charge in [0.05, 0.1) is 12.3 Å². The first-order valence-corrected chi connectivity index (χ1v) is 9.24. The maximum absolute atomic E-state index is 5.50. The first kappa shape index (κ1) is 16.7. The first-order chi connectivity index (χ1) is 11.4. The van der Waals surface area contributed by atoms with Gasteiger partial charge in [0.1, 0.15) is 12.1 Å². The van der Waals surface area contributed by atoms with Crippen molar-refractivity contribution in [3.05, 3.63) is 18.1 Å². The van der Waals surface area contributed by atoms with Crippen LogP contribution in [0.2, 0.25) is 0 Å². The zero-order chi connectivity index (χ0) is 15.9. The molecule has 0 spiro atoms. The molecule has 1 atom stereocenters. The average molecular weight is 318 g/mol. The molecule has 0 bridgehead atoms. The molecule has 3 rings (SSSR count). The molecule has 1 aromatic heterocycles. The summed E-state index contributed by atoms with van der Waals surface area (Å²) < 4.78 is 5.50. The summed E-state index contributed by atoms with van der Waals surface area (Å²) in [6.07, 6.45) is 8.30. The molecule has 128 valence electrons. The van der Waals surface area contributed by atoms with Crippen molar-refractivity contribution < 1.29 is 4.74 Å². The predicted octanol–water partition coefficient (Wildman–Crippen LogP) is 2.68. The van der Waals surface area contributed by atoms with Crippen LogP contribution in [0.15, 0.2) is 12.4 Å². The molecule has 2 fully saturated rings. The van der Waals surface area contributed by atoms with Crippen LogP contribution in [0.4, 0.5) is 5.82 Å². The zero-order valence-corrected chi connectivity index (χ0v) is 14.4. The average Bonchev–Trinajstić information content (AvgIpc) is 3.01. The summed E-state index contributed by atoms with van der Waals surface area (Å²) in [5.74, 6) is 1.51. The molecule has 0 aromatic carbocycles. The van der Waals surface area contributed by atoms with Gasteiger partial charge in [0.15, 0.2) is 0 Å². The number of anilines is 1. The normalized spacial score (nSPS) is 22.9. The number of likely N-dealkylation sites (N-methyl/N-ethyl adjacent to an activating group) is 1. The van der Waals surface area contributed by atoms with Gasteiger partial charge >= 0.3 is 0 Å². The molecule has 5 nitrogen and oxygen atoms in total. The van der Waals surface area contributed by atoms with E-state index in [-0.39, 0.29) is 0 Å². The van der Waals surface area contributed by atoms with Crippen molar-refractivity contribution in [1.82, 2.24) is 14.9 Å². The third kappa shape index (κ3) is 4.64. The maximum atomic E-state index is 5.50. The number of hydrogen-bond donors (Lipinski definition) is 0. The van der Waals surface area contributed by atoms with Gasteiger partial charge in [-0.1, -0.05) is 12.8 Å². The van der Waals surface area contributed by atoms with Gasteiger partial charge in [-0.25, -0.2) is 9.97 Å². The molecule has 0 saturated carbocycles. The molecule has 0 unspecified atom stereocenters. The predicted molar refractivity (Wildman–Crippen MR) is 93.0 cm³/mol. The van der Waals surface area contributed by atoms with Crippen LogP contribution in [-0.2, 0) is 4.74 Å². The Morgan fingerprint density at radius 3 is 2.74 bits per heavy atom. The number of rotatable bonds is 6. The van der Waals surface area contributed by atoms with E-state index >= 15 is 0 Å². The Morgan fingerprint density at radius 2 is 2.04 bits per heavy atom. The summed E-state index contributed by atoms with van der Waals surface area (Å²) in [4.78, 5) is 14.0. The Hall–Kier alpha value is -1.20. The number of aromatic nitrogens is 2. The number of hydrogen-bond acceptors (Lipinski definition) is 5. The van der Waals surface area contributed by atoms with Crippen molar-refractivity contribution in [3.63, 3.8) is 0 Å². The van der Waals surface area contributed by atoms with Gasteiger partial charge in [-0.15, -0.1) is 0 Å². The van der Waals surface area contributed by atoms with E-state index in [1.54, 1.807) is 6.33 Å². The third-order valence-corrected chi connectivity index (χ3v) is 5.11. The van der Waals surface area contributed by atoms with Gasteiger partial charge in [0.2, 0.25) is 0 Å². The lowest BCUT2D eigenvalue weighted by Crippen LogP contribution is -2.36. The number of ether oxygens (including phenoxy) is 1. The highest BCUT2D eigenvalue weighted by Gasteiger charge is 2.20. The van der Waals surface area contributed by atoms with Crippen LogP contribution in [0.3, 0.4) is 0 Å². The lowest BCUT2D eigenvalue weighted by molar-refractivity contribution is 0.193. The summed E-state index contributed by atoms with van der Waals surface area (Å²) >= 11 is 0. The Balaban J connectivity index is 1.59. The number of likely N-dealkylation sites (tertiary alicyclic amines) is 1. The van der Waals surface area contributed by atoms with Gasteiger partial charge in [-0.3, -0.25) is 0 Å². The van der Waals surface area contributed by atoms with Crippen LogP contribution in [0.25, 0.3) is 0 Å². The highest BCUT2D eigenvalue weighted by atomic mass is 16.5. The maximum Gasteiger partial charge on any atom is 0.132 e. The molecule has 0 aliphatic carbocycles. The minimum absolute atomic E-state index is 0.445. The van der Waals surface area contributed by atoms with E-state index in [1.165, 1.54) is 38.8 Å². The Bertz CT molecular complexity index is 468. The standard InChI is InChI=1S/C18H30N4O/c1-2-22(11-10-21-8-5-3-4-6-9-21)18-13-17(19-15-20-18)16-7-12-23-14-16/h13,15-16H,2-12,14H2,1H3/t16-/m0/s1. The second-order valence-corrected chi connectivity index (χ2v) is 6.70. The minimum Gasteiger partial charge on any atom is -0.381 e. The molecule has 5 heteroatoms. The van der Waals surface area contributed by atoms with Crippen molar-refractivity contribution >= 4 is 5.82 Å². The van der Waals surface area contributed by atoms with Crippen LogP contribution < -0.4 is 4.90 Å². The fourth-order valence-corrected chi connectivity index (χ4v) is 3.58. The molecule has 0 radical (unpaired) electrons. The van der Waals surface area contributed by atoms with E-state index in [0.29, 0.717) is 5.92 Å². The van der Waals surface area contributed by atoms with Crippen LogP contribution in [0, 0.1) is 0 Å². The van der Waals surface area contributed by atoms with Crippen LogP contribution in [0.5, 0.6) is 0 Å².